The van der Waals surface area contributed by atoms with Gasteiger partial charge in [0.05, 0.1) is 25.4 Å². The summed E-state index contributed by atoms with van der Waals surface area (Å²) in [5, 5.41) is 22.3. The van der Waals surface area contributed by atoms with Crippen molar-refractivity contribution < 1.29 is 19.7 Å². The summed E-state index contributed by atoms with van der Waals surface area (Å²) >= 11 is 0. The number of nitrogens with one attached hydrogen (secondary N) is 1. The molecule has 0 aliphatic carbocycles. The Labute approximate surface area is 116 Å². The quantitative estimate of drug-likeness (QED) is 0.661. The number of carbonyl (C=O) groups is 1. The van der Waals surface area contributed by atoms with Gasteiger partial charge in [0.25, 0.3) is 0 Å². The smallest absolute Gasteiger partial charge is 0.336 e. The Hall–Kier alpha value is -2.18. The van der Waals surface area contributed by atoms with Crippen LogP contribution in [0.1, 0.15) is 10.4 Å². The van der Waals surface area contributed by atoms with Crippen molar-refractivity contribution in [3.8, 4) is 0 Å². The average molecular weight is 276 g/mol. The number of aromatic carboxylic acids is 1. The Morgan fingerprint density at radius 2 is 2.10 bits per heavy atom. The number of benzene rings is 1. The molecule has 1 aromatic heterocycles. The Morgan fingerprint density at radius 1 is 1.25 bits per heavy atom. The number of hydrogen-bond donors (Lipinski definition) is 3. The van der Waals surface area contributed by atoms with Gasteiger partial charge in [-0.05, 0) is 12.1 Å². The summed E-state index contributed by atoms with van der Waals surface area (Å²) in [6.07, 6.45) is 1.58. The highest BCUT2D eigenvalue weighted by atomic mass is 16.5. The molecule has 106 valence electrons. The molecule has 1 aromatic carbocycles. The highest BCUT2D eigenvalue weighted by Gasteiger charge is 2.10. The fourth-order valence-electron chi connectivity index (χ4n) is 1.94. The molecule has 6 heteroatoms. The molecule has 0 aliphatic heterocycles. The Bertz CT molecular complexity index is 601. The molecule has 0 atom stereocenters. The number of carboxylic acids is 1. The van der Waals surface area contributed by atoms with E-state index in [1.165, 1.54) is 0 Å². The van der Waals surface area contributed by atoms with Crippen molar-refractivity contribution in [1.82, 2.24) is 4.98 Å². The van der Waals surface area contributed by atoms with E-state index in [4.69, 9.17) is 14.9 Å². The number of aromatic nitrogens is 1. The fourth-order valence-corrected chi connectivity index (χ4v) is 1.94. The predicted molar refractivity (Wildman–Crippen MR) is 75.1 cm³/mol. The molecule has 2 rings (SSSR count). The second-order valence-corrected chi connectivity index (χ2v) is 4.13. The molecule has 0 aliphatic rings. The topological polar surface area (TPSA) is 91.7 Å². The first-order chi connectivity index (χ1) is 9.74. The largest absolute Gasteiger partial charge is 0.478 e. The number of rotatable bonds is 7. The van der Waals surface area contributed by atoms with E-state index < -0.39 is 5.97 Å². The zero-order chi connectivity index (χ0) is 14.4. The van der Waals surface area contributed by atoms with Crippen molar-refractivity contribution in [3.63, 3.8) is 0 Å². The zero-order valence-corrected chi connectivity index (χ0v) is 10.9. The van der Waals surface area contributed by atoms with Crippen LogP contribution < -0.4 is 5.32 Å². The minimum absolute atomic E-state index is 0.00547. The standard InChI is InChI=1S/C14H16N2O4/c17-7-9-20-8-6-16-13-11-2-1-3-12(14(18)19)10(11)4-5-15-13/h1-5,17H,6-9H2,(H,15,16)(H,18,19). The van der Waals surface area contributed by atoms with Crippen molar-refractivity contribution in [1.29, 1.82) is 0 Å². The summed E-state index contributed by atoms with van der Waals surface area (Å²) in [5.41, 5.74) is 0.254. The predicted octanol–water partition coefficient (Wildman–Crippen LogP) is 1.35. The maximum atomic E-state index is 11.2. The van der Waals surface area contributed by atoms with Crippen LogP contribution >= 0.6 is 0 Å². The number of ether oxygens (including phenoxy) is 1. The molecule has 1 heterocycles. The second kappa shape index (κ2) is 6.83. The van der Waals surface area contributed by atoms with Gasteiger partial charge in [-0.25, -0.2) is 9.78 Å². The van der Waals surface area contributed by atoms with Crippen molar-refractivity contribution in [3.05, 3.63) is 36.0 Å². The number of anilines is 1. The number of carboxylic acid groups (broad SMARTS) is 1. The second-order valence-electron chi connectivity index (χ2n) is 4.13. The van der Waals surface area contributed by atoms with E-state index >= 15 is 0 Å². The van der Waals surface area contributed by atoms with E-state index in [2.05, 4.69) is 10.3 Å². The van der Waals surface area contributed by atoms with Gasteiger partial charge in [0.1, 0.15) is 5.82 Å². The van der Waals surface area contributed by atoms with Crippen LogP contribution in [0.25, 0.3) is 10.8 Å². The van der Waals surface area contributed by atoms with Crippen LogP contribution in [0.15, 0.2) is 30.5 Å². The normalized spacial score (nSPS) is 10.7. The van der Waals surface area contributed by atoms with E-state index in [1.807, 2.05) is 6.07 Å². The number of nitrogens with zero attached hydrogens (tertiary/aromatic N) is 1. The molecular formula is C14H16N2O4. The van der Waals surface area contributed by atoms with Crippen molar-refractivity contribution in [2.75, 3.05) is 31.7 Å². The summed E-state index contributed by atoms with van der Waals surface area (Å²) in [5.74, 6) is -0.336. The third kappa shape index (κ3) is 3.23. The van der Waals surface area contributed by atoms with Gasteiger partial charge in [-0.15, -0.1) is 0 Å². The van der Waals surface area contributed by atoms with Crippen LogP contribution in [0.3, 0.4) is 0 Å². The lowest BCUT2D eigenvalue weighted by atomic mass is 10.1. The maximum absolute atomic E-state index is 11.2. The molecule has 0 saturated heterocycles. The molecular weight excluding hydrogens is 260 g/mol. The van der Waals surface area contributed by atoms with Gasteiger partial charge in [0, 0.05) is 23.5 Å². The van der Waals surface area contributed by atoms with Crippen LogP contribution in [0.4, 0.5) is 5.82 Å². The monoisotopic (exact) mass is 276 g/mol. The van der Waals surface area contributed by atoms with E-state index in [0.717, 1.165) is 5.39 Å². The Kier molecular flexibility index (Phi) is 4.86. The van der Waals surface area contributed by atoms with Crippen LogP contribution in [0.2, 0.25) is 0 Å². The van der Waals surface area contributed by atoms with Crippen LogP contribution in [0.5, 0.6) is 0 Å². The van der Waals surface area contributed by atoms with Gasteiger partial charge < -0.3 is 20.3 Å². The van der Waals surface area contributed by atoms with Gasteiger partial charge >= 0.3 is 5.97 Å². The maximum Gasteiger partial charge on any atom is 0.336 e. The summed E-state index contributed by atoms with van der Waals surface area (Å²) in [7, 11) is 0. The first kappa shape index (κ1) is 14.2. The molecule has 0 bridgehead atoms. The van der Waals surface area contributed by atoms with Gasteiger partial charge in [-0.2, -0.15) is 0 Å². The fraction of sp³-hybridized carbons (Fsp3) is 0.286. The average Bonchev–Trinajstić information content (AvgIpc) is 2.46. The summed E-state index contributed by atoms with van der Waals surface area (Å²) in [6.45, 7) is 1.27. The van der Waals surface area contributed by atoms with Crippen LogP contribution in [-0.2, 0) is 4.74 Å². The van der Waals surface area contributed by atoms with Gasteiger partial charge in [0.2, 0.25) is 0 Å². The van der Waals surface area contributed by atoms with E-state index in [1.54, 1.807) is 24.4 Å². The molecule has 2 aromatic rings. The van der Waals surface area contributed by atoms with Crippen LogP contribution in [-0.4, -0.2) is 47.5 Å². The highest BCUT2D eigenvalue weighted by Crippen LogP contribution is 2.24. The van der Waals surface area contributed by atoms with E-state index in [0.29, 0.717) is 31.0 Å². The minimum atomic E-state index is -0.959. The lowest BCUT2D eigenvalue weighted by Crippen LogP contribution is -2.12. The Balaban J connectivity index is 2.18. The summed E-state index contributed by atoms with van der Waals surface area (Å²) < 4.78 is 5.14. The van der Waals surface area contributed by atoms with E-state index in [9.17, 15) is 4.79 Å². The van der Waals surface area contributed by atoms with E-state index in [-0.39, 0.29) is 12.2 Å². The number of aliphatic hydroxyl groups excluding tert-OH is 1. The van der Waals surface area contributed by atoms with Crippen molar-refractivity contribution in [2.45, 2.75) is 0 Å². The zero-order valence-electron chi connectivity index (χ0n) is 10.9. The SMILES string of the molecule is O=C(O)c1cccc2c(NCCOCCO)nccc12. The third-order valence-electron chi connectivity index (χ3n) is 2.81. The lowest BCUT2D eigenvalue weighted by Gasteiger charge is -2.10. The molecule has 0 fully saturated rings. The third-order valence-corrected chi connectivity index (χ3v) is 2.81. The molecule has 0 saturated carbocycles. The number of hydrogen-bond acceptors (Lipinski definition) is 5. The molecule has 0 radical (unpaired) electrons. The number of pyridine rings is 1. The Morgan fingerprint density at radius 3 is 2.85 bits per heavy atom. The minimum Gasteiger partial charge on any atom is -0.478 e. The van der Waals surface area contributed by atoms with Gasteiger partial charge in [0.15, 0.2) is 0 Å². The molecule has 3 N–H and O–H groups in total. The van der Waals surface area contributed by atoms with Gasteiger partial charge in [-0.3, -0.25) is 0 Å². The van der Waals surface area contributed by atoms with Crippen molar-refractivity contribution >= 4 is 22.6 Å². The molecule has 0 spiro atoms. The highest BCUT2D eigenvalue weighted by molar-refractivity contribution is 6.06. The molecule has 0 unspecified atom stereocenters. The molecule has 6 nitrogen and oxygen atoms in total. The molecule has 20 heavy (non-hydrogen) atoms. The number of aliphatic hydroxyl groups is 1. The summed E-state index contributed by atoms with van der Waals surface area (Å²) in [6, 6.07) is 6.78. The first-order valence-electron chi connectivity index (χ1n) is 6.27. The van der Waals surface area contributed by atoms with Gasteiger partial charge in [-0.1, -0.05) is 12.1 Å². The number of fused-ring (bicyclic) bond motifs is 1. The van der Waals surface area contributed by atoms with Crippen molar-refractivity contribution in [2.24, 2.45) is 0 Å². The van der Waals surface area contributed by atoms with Crippen LogP contribution in [0, 0.1) is 0 Å². The lowest BCUT2D eigenvalue weighted by molar-refractivity contribution is 0.0699. The molecule has 0 amide bonds. The summed E-state index contributed by atoms with van der Waals surface area (Å²) in [4.78, 5) is 15.4. The first-order valence-corrected chi connectivity index (χ1v) is 6.27.